The van der Waals surface area contributed by atoms with Crippen molar-refractivity contribution in [2.75, 3.05) is 18.6 Å². The van der Waals surface area contributed by atoms with Crippen LogP contribution in [0, 0.1) is 17.3 Å². The molecule has 0 spiro atoms. The monoisotopic (exact) mass is 405 g/mol. The van der Waals surface area contributed by atoms with Crippen LogP contribution < -0.4 is 4.90 Å². The fraction of sp³-hybridized carbons (Fsp3) is 0.227. The lowest BCUT2D eigenvalue weighted by atomic mass is 10.1. The van der Waals surface area contributed by atoms with Gasteiger partial charge in [0.15, 0.2) is 0 Å². The van der Waals surface area contributed by atoms with E-state index in [4.69, 9.17) is 11.6 Å². The van der Waals surface area contributed by atoms with Crippen molar-refractivity contribution >= 4 is 39.8 Å². The summed E-state index contributed by atoms with van der Waals surface area (Å²) in [5.41, 5.74) is 2.24. The number of benzene rings is 2. The van der Waals surface area contributed by atoms with E-state index in [0.717, 1.165) is 40.8 Å². The summed E-state index contributed by atoms with van der Waals surface area (Å²) < 4.78 is 14.8. The van der Waals surface area contributed by atoms with Crippen molar-refractivity contribution in [3.05, 3.63) is 59.4 Å². The van der Waals surface area contributed by atoms with Gasteiger partial charge in [-0.25, -0.2) is 8.79 Å². The van der Waals surface area contributed by atoms with E-state index in [0.29, 0.717) is 5.78 Å². The van der Waals surface area contributed by atoms with E-state index in [1.54, 1.807) is 4.40 Å². The summed E-state index contributed by atoms with van der Waals surface area (Å²) in [6, 6.07) is 15.7. The first-order chi connectivity index (χ1) is 14.1. The Balaban J connectivity index is 1.59. The molecule has 0 radical (unpaired) electrons. The van der Waals surface area contributed by atoms with E-state index in [1.165, 1.54) is 0 Å². The summed E-state index contributed by atoms with van der Waals surface area (Å²) in [4.78, 5) is 6.67. The second kappa shape index (κ2) is 6.71. The molecular formula is C22H17ClFN5. The number of hydrogen-bond donors (Lipinski definition) is 0. The Labute approximate surface area is 172 Å². The van der Waals surface area contributed by atoms with Crippen molar-refractivity contribution in [1.29, 1.82) is 0 Å². The Bertz CT molecular complexity index is 1300. The Hall–Kier alpha value is -3.17. The first kappa shape index (κ1) is 17.9. The minimum absolute atomic E-state index is 0.275. The summed E-state index contributed by atoms with van der Waals surface area (Å²) in [5.74, 6) is 7.41. The first-order valence-corrected chi connectivity index (χ1v) is 9.70. The number of alkyl halides is 1. The van der Waals surface area contributed by atoms with Gasteiger partial charge in [0, 0.05) is 23.7 Å². The van der Waals surface area contributed by atoms with Gasteiger partial charge in [-0.05, 0) is 54.8 Å². The summed E-state index contributed by atoms with van der Waals surface area (Å²) in [5, 5.41) is 9.22. The normalized spacial score (nSPS) is 14.6. The van der Waals surface area contributed by atoms with Gasteiger partial charge in [-0.2, -0.15) is 4.98 Å². The van der Waals surface area contributed by atoms with Crippen LogP contribution in [0.2, 0.25) is 5.28 Å². The summed E-state index contributed by atoms with van der Waals surface area (Å²) in [6.45, 7) is -0.379. The van der Waals surface area contributed by atoms with Gasteiger partial charge in [-0.1, -0.05) is 30.0 Å². The van der Waals surface area contributed by atoms with Crippen molar-refractivity contribution in [2.24, 2.45) is 5.41 Å². The van der Waals surface area contributed by atoms with Gasteiger partial charge in [-0.15, -0.1) is 10.2 Å². The summed E-state index contributed by atoms with van der Waals surface area (Å²) in [7, 11) is 1.94. The minimum Gasteiger partial charge on any atom is -0.329 e. The largest absolute Gasteiger partial charge is 0.329 e. The molecule has 0 aliphatic heterocycles. The predicted octanol–water partition coefficient (Wildman–Crippen LogP) is 4.80. The molecule has 0 N–H and O–H groups in total. The fourth-order valence-corrected chi connectivity index (χ4v) is 3.57. The molecule has 0 amide bonds. The number of rotatable bonds is 3. The van der Waals surface area contributed by atoms with Crippen molar-refractivity contribution in [3.63, 3.8) is 0 Å². The van der Waals surface area contributed by atoms with Crippen molar-refractivity contribution in [2.45, 2.75) is 12.8 Å². The van der Waals surface area contributed by atoms with Gasteiger partial charge < -0.3 is 4.90 Å². The second-order valence-electron chi connectivity index (χ2n) is 7.33. The molecule has 5 rings (SSSR count). The first-order valence-electron chi connectivity index (χ1n) is 9.33. The Kier molecular flexibility index (Phi) is 4.14. The van der Waals surface area contributed by atoms with Crippen LogP contribution in [-0.4, -0.2) is 33.3 Å². The maximum Gasteiger partial charge on any atom is 0.258 e. The summed E-state index contributed by atoms with van der Waals surface area (Å²) in [6.07, 6.45) is 1.68. The highest BCUT2D eigenvalue weighted by atomic mass is 35.5. The maximum absolute atomic E-state index is 13.1. The van der Waals surface area contributed by atoms with E-state index in [1.807, 2.05) is 60.5 Å². The van der Waals surface area contributed by atoms with Gasteiger partial charge in [0.25, 0.3) is 5.78 Å². The highest BCUT2D eigenvalue weighted by Crippen LogP contribution is 2.45. The third-order valence-electron chi connectivity index (χ3n) is 5.33. The van der Waals surface area contributed by atoms with E-state index >= 15 is 0 Å². The van der Waals surface area contributed by atoms with E-state index in [2.05, 4.69) is 27.0 Å². The molecule has 1 fully saturated rings. The zero-order valence-electron chi connectivity index (χ0n) is 15.7. The number of para-hydroxylation sites is 1. The van der Waals surface area contributed by atoms with Gasteiger partial charge in [0.1, 0.15) is 12.5 Å². The third-order valence-corrected chi connectivity index (χ3v) is 5.58. The van der Waals surface area contributed by atoms with Crippen molar-refractivity contribution in [1.82, 2.24) is 19.6 Å². The van der Waals surface area contributed by atoms with E-state index < -0.39 is 5.41 Å². The molecule has 2 heterocycles. The van der Waals surface area contributed by atoms with E-state index in [-0.39, 0.29) is 12.0 Å². The van der Waals surface area contributed by atoms with Gasteiger partial charge >= 0.3 is 0 Å². The molecule has 0 bridgehead atoms. The predicted molar refractivity (Wildman–Crippen MR) is 112 cm³/mol. The lowest BCUT2D eigenvalue weighted by Gasteiger charge is -2.20. The number of halogens is 2. The molecule has 1 saturated carbocycles. The molecule has 2 aromatic carbocycles. The van der Waals surface area contributed by atoms with Crippen molar-refractivity contribution < 1.29 is 4.39 Å². The van der Waals surface area contributed by atoms with Crippen LogP contribution in [0.1, 0.15) is 18.4 Å². The Morgan fingerprint density at radius 1 is 1.17 bits per heavy atom. The van der Waals surface area contributed by atoms with Crippen LogP contribution in [0.3, 0.4) is 0 Å². The molecule has 1 aliphatic carbocycles. The molecule has 2 aromatic heterocycles. The van der Waals surface area contributed by atoms with Crippen LogP contribution >= 0.6 is 11.6 Å². The number of anilines is 2. The third kappa shape index (κ3) is 3.08. The van der Waals surface area contributed by atoms with E-state index in [9.17, 15) is 4.39 Å². The quantitative estimate of drug-likeness (QED) is 0.459. The lowest BCUT2D eigenvalue weighted by molar-refractivity contribution is 0.407. The number of fused-ring (bicyclic) bond motifs is 3. The lowest BCUT2D eigenvalue weighted by Crippen LogP contribution is -2.13. The van der Waals surface area contributed by atoms with Crippen LogP contribution in [0.5, 0.6) is 0 Å². The standard InChI is InChI=1S/C22H17ClFN5/c1-28(16-6-4-5-15(13-16)9-10-22(14-24)11-12-22)19-17-7-2-3-8-18(17)29-20(23)26-27-21(29)25-19/h2-8,13H,11-12,14H2,1H3. The molecular weight excluding hydrogens is 389 g/mol. The number of hydrogen-bond acceptors (Lipinski definition) is 4. The fourth-order valence-electron chi connectivity index (χ4n) is 3.37. The number of nitrogens with zero attached hydrogens (tertiary/aromatic N) is 5. The molecule has 0 unspecified atom stereocenters. The van der Waals surface area contributed by atoms with Crippen molar-refractivity contribution in [3.8, 4) is 11.8 Å². The average Bonchev–Trinajstić information content (AvgIpc) is 3.46. The second-order valence-corrected chi connectivity index (χ2v) is 7.67. The smallest absolute Gasteiger partial charge is 0.258 e. The van der Waals surface area contributed by atoms with Crippen LogP contribution in [0.25, 0.3) is 16.7 Å². The zero-order valence-corrected chi connectivity index (χ0v) is 16.5. The van der Waals surface area contributed by atoms with Gasteiger partial charge in [-0.3, -0.25) is 0 Å². The molecule has 29 heavy (non-hydrogen) atoms. The number of aromatic nitrogens is 4. The zero-order chi connectivity index (χ0) is 20.0. The molecule has 4 aromatic rings. The molecule has 5 nitrogen and oxygen atoms in total. The maximum atomic E-state index is 13.1. The molecule has 0 atom stereocenters. The van der Waals surface area contributed by atoms with Crippen LogP contribution in [0.4, 0.5) is 15.9 Å². The summed E-state index contributed by atoms with van der Waals surface area (Å²) >= 11 is 6.20. The minimum atomic E-state index is -0.419. The van der Waals surface area contributed by atoms with Crippen LogP contribution in [-0.2, 0) is 0 Å². The topological polar surface area (TPSA) is 46.3 Å². The SMILES string of the molecule is CN(c1cccc(C#CC2(CF)CC2)c1)c1nc2nnc(Cl)n2c2ccccc12. The van der Waals surface area contributed by atoms with Gasteiger partial charge in [0.2, 0.25) is 5.28 Å². The Morgan fingerprint density at radius 2 is 2.00 bits per heavy atom. The molecule has 7 heteroatoms. The van der Waals surface area contributed by atoms with Gasteiger partial charge in [0.05, 0.1) is 10.9 Å². The molecule has 144 valence electrons. The highest BCUT2D eigenvalue weighted by molar-refractivity contribution is 6.29. The Morgan fingerprint density at radius 3 is 2.79 bits per heavy atom. The highest BCUT2D eigenvalue weighted by Gasteiger charge is 2.41. The average molecular weight is 406 g/mol. The molecule has 0 saturated heterocycles. The van der Waals surface area contributed by atoms with Crippen LogP contribution in [0.15, 0.2) is 48.5 Å². The molecule has 1 aliphatic rings.